The number of fused-ring (bicyclic) bond motifs is 1. The second-order valence-corrected chi connectivity index (χ2v) is 10.8. The van der Waals surface area contributed by atoms with E-state index >= 15 is 0 Å². The van der Waals surface area contributed by atoms with Crippen LogP contribution in [-0.4, -0.2) is 61.0 Å². The van der Waals surface area contributed by atoms with Crippen molar-refractivity contribution in [3.05, 3.63) is 90.6 Å². The molecular formula is C34H39N7. The van der Waals surface area contributed by atoms with Gasteiger partial charge in [0.15, 0.2) is 11.5 Å². The fraction of sp³-hybridized carbons (Fsp3) is 0.324. The van der Waals surface area contributed by atoms with E-state index < -0.39 is 0 Å². The number of likely N-dealkylation sites (N-methyl/N-ethyl adjacent to an activating group) is 1. The molecule has 0 amide bonds. The average Bonchev–Trinajstić information content (AvgIpc) is 3.68. The Balaban J connectivity index is 0.00000148. The van der Waals surface area contributed by atoms with E-state index in [-0.39, 0.29) is 0 Å². The molecule has 210 valence electrons. The topological polar surface area (TPSA) is 76.1 Å². The quantitative estimate of drug-likeness (QED) is 0.265. The molecule has 7 heteroatoms. The number of pyridine rings is 2. The summed E-state index contributed by atoms with van der Waals surface area (Å²) in [5, 5.41) is 0. The number of nitrogens with zero attached hydrogens (tertiary/aromatic N) is 6. The Labute approximate surface area is 242 Å². The van der Waals surface area contributed by atoms with E-state index in [1.165, 1.54) is 31.5 Å². The van der Waals surface area contributed by atoms with E-state index in [2.05, 4.69) is 62.7 Å². The van der Waals surface area contributed by atoms with Crippen molar-refractivity contribution in [3.63, 3.8) is 0 Å². The highest BCUT2D eigenvalue weighted by atomic mass is 15.3. The van der Waals surface area contributed by atoms with E-state index in [4.69, 9.17) is 15.7 Å². The molecule has 1 saturated carbocycles. The van der Waals surface area contributed by atoms with Crippen LogP contribution >= 0.6 is 0 Å². The first-order valence-electron chi connectivity index (χ1n) is 14.9. The maximum atomic E-state index is 6.32. The molecule has 2 N–H and O–H groups in total. The predicted octanol–water partition coefficient (Wildman–Crippen LogP) is 6.43. The van der Waals surface area contributed by atoms with Gasteiger partial charge < -0.3 is 5.73 Å². The number of aromatic nitrogens is 4. The number of nitrogens with two attached hydrogens (primary N) is 1. The summed E-state index contributed by atoms with van der Waals surface area (Å²) in [7, 11) is 0. The normalized spacial score (nSPS) is 16.5. The van der Waals surface area contributed by atoms with Crippen molar-refractivity contribution in [2.24, 2.45) is 0 Å². The number of hydrogen-bond donors (Lipinski definition) is 1. The Morgan fingerprint density at radius 3 is 2.34 bits per heavy atom. The maximum Gasteiger partial charge on any atom is 0.165 e. The molecule has 2 aromatic carbocycles. The van der Waals surface area contributed by atoms with E-state index in [0.717, 1.165) is 59.1 Å². The van der Waals surface area contributed by atoms with Gasteiger partial charge in [-0.3, -0.25) is 14.4 Å². The monoisotopic (exact) mass is 545 g/mol. The van der Waals surface area contributed by atoms with Gasteiger partial charge in [0.25, 0.3) is 0 Å². The van der Waals surface area contributed by atoms with Crippen LogP contribution in [0.2, 0.25) is 0 Å². The molecule has 2 fully saturated rings. The molecule has 7 nitrogen and oxygen atoms in total. The minimum atomic E-state index is 0.434. The third-order valence-corrected chi connectivity index (χ3v) is 8.34. The van der Waals surface area contributed by atoms with E-state index in [1.807, 2.05) is 56.3 Å². The first-order chi connectivity index (χ1) is 20.1. The minimum Gasteiger partial charge on any atom is -0.383 e. The fourth-order valence-corrected chi connectivity index (χ4v) is 6.11. The summed E-state index contributed by atoms with van der Waals surface area (Å²) in [4.78, 5) is 19.7. The molecule has 4 heterocycles. The van der Waals surface area contributed by atoms with Gasteiger partial charge in [-0.25, -0.2) is 15.0 Å². The molecule has 5 aromatic rings. The zero-order valence-corrected chi connectivity index (χ0v) is 24.3. The third-order valence-electron chi connectivity index (χ3n) is 8.34. The molecule has 0 atom stereocenters. The van der Waals surface area contributed by atoms with Crippen molar-refractivity contribution >= 4 is 17.0 Å². The van der Waals surface area contributed by atoms with Crippen LogP contribution < -0.4 is 5.73 Å². The lowest BCUT2D eigenvalue weighted by atomic mass is 10.1. The molecule has 1 spiro atoms. The Morgan fingerprint density at radius 1 is 0.854 bits per heavy atom. The van der Waals surface area contributed by atoms with Crippen molar-refractivity contribution in [1.82, 2.24) is 29.3 Å². The van der Waals surface area contributed by atoms with Crippen molar-refractivity contribution in [3.8, 4) is 28.3 Å². The summed E-state index contributed by atoms with van der Waals surface area (Å²) < 4.78 is 2.11. The summed E-state index contributed by atoms with van der Waals surface area (Å²) >= 11 is 0. The second kappa shape index (κ2) is 11.4. The average molecular weight is 546 g/mol. The first-order valence-corrected chi connectivity index (χ1v) is 14.9. The lowest BCUT2D eigenvalue weighted by Gasteiger charge is -2.41. The lowest BCUT2D eigenvalue weighted by Crippen LogP contribution is -2.54. The first kappa shape index (κ1) is 27.1. The van der Waals surface area contributed by atoms with Gasteiger partial charge in [0, 0.05) is 49.2 Å². The highest BCUT2D eigenvalue weighted by molar-refractivity contribution is 5.84. The van der Waals surface area contributed by atoms with Crippen molar-refractivity contribution in [2.45, 2.75) is 45.7 Å². The van der Waals surface area contributed by atoms with Crippen LogP contribution in [0, 0.1) is 0 Å². The summed E-state index contributed by atoms with van der Waals surface area (Å²) in [6.45, 7) is 11.9. The van der Waals surface area contributed by atoms with Gasteiger partial charge in [-0.05, 0) is 61.3 Å². The summed E-state index contributed by atoms with van der Waals surface area (Å²) in [6, 6.07) is 27.0. The number of hydrogen-bond acceptors (Lipinski definition) is 6. The molecule has 41 heavy (non-hydrogen) atoms. The molecule has 0 unspecified atom stereocenters. The number of imidazole rings is 1. The van der Waals surface area contributed by atoms with Crippen LogP contribution in [0.1, 0.15) is 39.2 Å². The Bertz CT molecular complexity index is 1620. The second-order valence-electron chi connectivity index (χ2n) is 10.8. The van der Waals surface area contributed by atoms with Crippen LogP contribution in [0.25, 0.3) is 39.5 Å². The number of piperazine rings is 1. The van der Waals surface area contributed by atoms with Crippen LogP contribution in [0.15, 0.2) is 85.1 Å². The van der Waals surface area contributed by atoms with E-state index in [9.17, 15) is 0 Å². The van der Waals surface area contributed by atoms with Crippen LogP contribution in [-0.2, 0) is 6.54 Å². The smallest absolute Gasteiger partial charge is 0.165 e. The number of anilines is 1. The van der Waals surface area contributed by atoms with E-state index in [1.54, 1.807) is 6.20 Å². The molecule has 3 aromatic heterocycles. The van der Waals surface area contributed by atoms with Gasteiger partial charge in [0.05, 0.1) is 11.3 Å². The summed E-state index contributed by atoms with van der Waals surface area (Å²) in [5.74, 6) is 1.20. The SMILES string of the molecule is CC.CCN1CCN(Cc2ccc(-n3c(-c4cccnc4N)nc4ccc(-c5ccccc5)nc43)cc2)CC12CC2. The van der Waals surface area contributed by atoms with Crippen LogP contribution in [0.4, 0.5) is 5.82 Å². The standard InChI is InChI=1S/C32H33N7.C2H6/c1-2-38-20-19-37(22-32(38)16-17-32)21-23-10-12-25(13-11-23)39-30(26-9-6-18-34-29(26)33)36-28-15-14-27(35-31(28)39)24-7-4-3-5-8-24;1-2/h3-15,18H,2,16-17,19-22H2,1H3,(H2,33,34);1-2H3. The van der Waals surface area contributed by atoms with Crippen molar-refractivity contribution in [1.29, 1.82) is 0 Å². The lowest BCUT2D eigenvalue weighted by molar-refractivity contribution is 0.0592. The fourth-order valence-electron chi connectivity index (χ4n) is 6.11. The Hall–Kier alpha value is -4.07. The molecule has 0 bridgehead atoms. The highest BCUT2D eigenvalue weighted by Crippen LogP contribution is 2.44. The van der Waals surface area contributed by atoms with Gasteiger partial charge in [-0.2, -0.15) is 0 Å². The Kier molecular flexibility index (Phi) is 7.56. The van der Waals surface area contributed by atoms with Crippen LogP contribution in [0.5, 0.6) is 0 Å². The van der Waals surface area contributed by atoms with Gasteiger partial charge in [-0.15, -0.1) is 0 Å². The minimum absolute atomic E-state index is 0.434. The van der Waals surface area contributed by atoms with Crippen molar-refractivity contribution < 1.29 is 0 Å². The number of nitrogen functional groups attached to an aromatic ring is 1. The molecule has 2 aliphatic rings. The van der Waals surface area contributed by atoms with Crippen LogP contribution in [0.3, 0.4) is 0 Å². The third kappa shape index (κ3) is 5.23. The highest BCUT2D eigenvalue weighted by Gasteiger charge is 2.50. The molecule has 1 saturated heterocycles. The van der Waals surface area contributed by atoms with Crippen molar-refractivity contribution in [2.75, 3.05) is 31.9 Å². The predicted molar refractivity (Wildman–Crippen MR) is 168 cm³/mol. The zero-order chi connectivity index (χ0) is 28.4. The number of rotatable bonds is 6. The molecular weight excluding hydrogens is 506 g/mol. The zero-order valence-electron chi connectivity index (χ0n) is 24.3. The van der Waals surface area contributed by atoms with E-state index in [0.29, 0.717) is 11.4 Å². The molecule has 7 rings (SSSR count). The van der Waals surface area contributed by atoms with Gasteiger partial charge in [0.2, 0.25) is 0 Å². The van der Waals surface area contributed by atoms with Gasteiger partial charge in [-0.1, -0.05) is 63.2 Å². The molecule has 1 aliphatic carbocycles. The van der Waals surface area contributed by atoms with Gasteiger partial charge >= 0.3 is 0 Å². The summed E-state index contributed by atoms with van der Waals surface area (Å²) in [6.07, 6.45) is 4.38. The largest absolute Gasteiger partial charge is 0.383 e. The molecule has 1 aliphatic heterocycles. The van der Waals surface area contributed by atoms with Gasteiger partial charge in [0.1, 0.15) is 11.3 Å². The number of benzene rings is 2. The maximum absolute atomic E-state index is 6.32. The Morgan fingerprint density at radius 2 is 1.63 bits per heavy atom. The summed E-state index contributed by atoms with van der Waals surface area (Å²) in [5.41, 5.74) is 13.5. The molecule has 0 radical (unpaired) electrons.